The van der Waals surface area contributed by atoms with E-state index >= 15 is 0 Å². The van der Waals surface area contributed by atoms with Gasteiger partial charge in [-0.2, -0.15) is 0 Å². The molecule has 1 amide bonds. The Balaban J connectivity index is 3.16. The maximum Gasteiger partial charge on any atom is 0.264 e. The maximum atomic E-state index is 12.3. The number of aryl methyl sites for hydroxylation is 1. The van der Waals surface area contributed by atoms with Crippen molar-refractivity contribution in [1.82, 2.24) is 4.90 Å². The van der Waals surface area contributed by atoms with E-state index in [2.05, 4.69) is 0 Å². The molecule has 1 aromatic rings. The molecule has 0 saturated heterocycles. The van der Waals surface area contributed by atoms with Crippen molar-refractivity contribution in [2.45, 2.75) is 44.6 Å². The van der Waals surface area contributed by atoms with E-state index in [1.807, 2.05) is 20.8 Å². The number of carbonyl (C=O) groups excluding carboxylic acids is 1. The number of nitrogens with zero attached hydrogens (tertiary/aromatic N) is 1. The number of primary sulfonamides is 1. The van der Waals surface area contributed by atoms with Gasteiger partial charge in [0.05, 0.1) is 9.77 Å². The first-order valence-corrected chi connectivity index (χ1v) is 8.28. The molecule has 19 heavy (non-hydrogen) atoms. The Morgan fingerprint density at radius 2 is 2.00 bits per heavy atom. The Hall–Kier alpha value is -0.920. The summed E-state index contributed by atoms with van der Waals surface area (Å²) in [6, 6.07) is 1.36. The Kier molecular flexibility index (Phi) is 4.44. The van der Waals surface area contributed by atoms with Crippen LogP contribution in [-0.2, 0) is 10.0 Å². The molecule has 0 aliphatic rings. The standard InChI is InChI=1S/C12H20N2O3S2/c1-6-12(3,4)14(5)11(15)9-7-10(8(2)18-9)19(13,16)17/h7H,6H2,1-5H3,(H2,13,16,17). The van der Waals surface area contributed by atoms with Gasteiger partial charge in [0.15, 0.2) is 0 Å². The molecule has 0 aliphatic carbocycles. The Morgan fingerprint density at radius 3 is 2.37 bits per heavy atom. The minimum absolute atomic E-state index is 0.0311. The minimum Gasteiger partial charge on any atom is -0.336 e. The molecule has 108 valence electrons. The first kappa shape index (κ1) is 16.1. The van der Waals surface area contributed by atoms with Gasteiger partial charge in [-0.1, -0.05) is 6.92 Å². The highest BCUT2D eigenvalue weighted by atomic mass is 32.2. The fraction of sp³-hybridized carbons (Fsp3) is 0.583. The van der Waals surface area contributed by atoms with Crippen LogP contribution < -0.4 is 5.14 Å². The lowest BCUT2D eigenvalue weighted by Gasteiger charge is -2.34. The first-order chi connectivity index (χ1) is 8.50. The second-order valence-electron chi connectivity index (χ2n) is 5.11. The van der Waals surface area contributed by atoms with Crippen molar-refractivity contribution >= 4 is 27.3 Å². The molecule has 1 heterocycles. The molecular formula is C12H20N2O3S2. The van der Waals surface area contributed by atoms with Crippen LogP contribution in [0.1, 0.15) is 41.7 Å². The normalized spacial score (nSPS) is 12.5. The van der Waals surface area contributed by atoms with Crippen molar-refractivity contribution in [3.8, 4) is 0 Å². The van der Waals surface area contributed by atoms with E-state index in [4.69, 9.17) is 5.14 Å². The van der Waals surface area contributed by atoms with Crippen LogP contribution in [0.15, 0.2) is 11.0 Å². The number of hydrogen-bond acceptors (Lipinski definition) is 4. The van der Waals surface area contributed by atoms with Gasteiger partial charge >= 0.3 is 0 Å². The average molecular weight is 304 g/mol. The van der Waals surface area contributed by atoms with Crippen LogP contribution in [0.2, 0.25) is 0 Å². The van der Waals surface area contributed by atoms with Gasteiger partial charge in [-0.15, -0.1) is 11.3 Å². The van der Waals surface area contributed by atoms with E-state index in [-0.39, 0.29) is 16.3 Å². The Labute approximate surface area is 118 Å². The molecule has 5 nitrogen and oxygen atoms in total. The molecule has 0 aliphatic heterocycles. The van der Waals surface area contributed by atoms with Gasteiger partial charge in [0.2, 0.25) is 10.0 Å². The van der Waals surface area contributed by atoms with E-state index in [0.29, 0.717) is 9.75 Å². The highest BCUT2D eigenvalue weighted by molar-refractivity contribution is 7.89. The van der Waals surface area contributed by atoms with Crippen molar-refractivity contribution in [1.29, 1.82) is 0 Å². The topological polar surface area (TPSA) is 80.5 Å². The highest BCUT2D eigenvalue weighted by Gasteiger charge is 2.28. The molecule has 0 spiro atoms. The molecule has 0 aromatic carbocycles. The SMILES string of the molecule is CCC(C)(C)N(C)C(=O)c1cc(S(N)(=O)=O)c(C)s1. The molecular weight excluding hydrogens is 284 g/mol. The lowest BCUT2D eigenvalue weighted by molar-refractivity contribution is 0.0625. The average Bonchev–Trinajstić information content (AvgIpc) is 2.69. The number of thiophene rings is 1. The molecule has 0 radical (unpaired) electrons. The third-order valence-corrected chi connectivity index (χ3v) is 5.67. The number of carbonyl (C=O) groups is 1. The lowest BCUT2D eigenvalue weighted by Crippen LogP contribution is -2.44. The predicted octanol–water partition coefficient (Wildman–Crippen LogP) is 1.96. The van der Waals surface area contributed by atoms with Crippen molar-refractivity contribution in [2.75, 3.05) is 7.05 Å². The monoisotopic (exact) mass is 304 g/mol. The van der Waals surface area contributed by atoms with Crippen molar-refractivity contribution in [3.63, 3.8) is 0 Å². The van der Waals surface area contributed by atoms with Crippen molar-refractivity contribution in [2.24, 2.45) is 5.14 Å². The van der Waals surface area contributed by atoms with Crippen LogP contribution in [0.5, 0.6) is 0 Å². The smallest absolute Gasteiger partial charge is 0.264 e. The summed E-state index contributed by atoms with van der Waals surface area (Å²) in [6.45, 7) is 7.57. The number of sulfonamides is 1. The number of amides is 1. The minimum atomic E-state index is -3.77. The van der Waals surface area contributed by atoms with Gasteiger partial charge in [-0.3, -0.25) is 4.79 Å². The van der Waals surface area contributed by atoms with Crippen LogP contribution in [0.3, 0.4) is 0 Å². The molecule has 0 bridgehead atoms. The zero-order valence-electron chi connectivity index (χ0n) is 11.9. The van der Waals surface area contributed by atoms with E-state index in [0.717, 1.165) is 17.8 Å². The summed E-state index contributed by atoms with van der Waals surface area (Å²) >= 11 is 1.15. The fourth-order valence-electron chi connectivity index (χ4n) is 1.53. The molecule has 2 N–H and O–H groups in total. The molecule has 0 unspecified atom stereocenters. The van der Waals surface area contributed by atoms with E-state index < -0.39 is 10.0 Å². The van der Waals surface area contributed by atoms with Gasteiger partial charge in [0.25, 0.3) is 5.91 Å². The highest BCUT2D eigenvalue weighted by Crippen LogP contribution is 2.28. The van der Waals surface area contributed by atoms with E-state index in [1.54, 1.807) is 18.9 Å². The second kappa shape index (κ2) is 5.22. The largest absolute Gasteiger partial charge is 0.336 e. The molecule has 7 heteroatoms. The van der Waals surface area contributed by atoms with Crippen LogP contribution in [0.4, 0.5) is 0 Å². The van der Waals surface area contributed by atoms with Gasteiger partial charge in [0, 0.05) is 17.5 Å². The number of rotatable bonds is 4. The zero-order valence-corrected chi connectivity index (χ0v) is 13.5. The number of nitrogens with two attached hydrogens (primary N) is 1. The van der Waals surface area contributed by atoms with E-state index in [1.165, 1.54) is 6.07 Å². The van der Waals surface area contributed by atoms with Crippen molar-refractivity contribution in [3.05, 3.63) is 15.8 Å². The Bertz CT molecular complexity index is 588. The zero-order chi connectivity index (χ0) is 15.0. The third kappa shape index (κ3) is 3.34. The van der Waals surface area contributed by atoms with Gasteiger partial charge in [-0.25, -0.2) is 13.6 Å². The van der Waals surface area contributed by atoms with Crippen LogP contribution in [0, 0.1) is 6.92 Å². The summed E-state index contributed by atoms with van der Waals surface area (Å²) in [5.41, 5.74) is -0.281. The second-order valence-corrected chi connectivity index (χ2v) is 7.89. The van der Waals surface area contributed by atoms with Gasteiger partial charge in [-0.05, 0) is 33.3 Å². The molecule has 0 atom stereocenters. The van der Waals surface area contributed by atoms with Crippen LogP contribution >= 0.6 is 11.3 Å². The summed E-state index contributed by atoms with van der Waals surface area (Å²) in [7, 11) is -2.05. The first-order valence-electron chi connectivity index (χ1n) is 5.92. The molecule has 0 saturated carbocycles. The summed E-state index contributed by atoms with van der Waals surface area (Å²) in [5.74, 6) is -0.185. The summed E-state index contributed by atoms with van der Waals surface area (Å²) in [5, 5.41) is 5.11. The quantitative estimate of drug-likeness (QED) is 0.923. The number of hydrogen-bond donors (Lipinski definition) is 1. The maximum absolute atomic E-state index is 12.3. The molecule has 1 aromatic heterocycles. The van der Waals surface area contributed by atoms with Gasteiger partial charge in [0.1, 0.15) is 0 Å². The van der Waals surface area contributed by atoms with Crippen molar-refractivity contribution < 1.29 is 13.2 Å². The summed E-state index contributed by atoms with van der Waals surface area (Å²) < 4.78 is 22.7. The van der Waals surface area contributed by atoms with E-state index in [9.17, 15) is 13.2 Å². The van der Waals surface area contributed by atoms with Crippen LogP contribution in [0.25, 0.3) is 0 Å². The van der Waals surface area contributed by atoms with Crippen LogP contribution in [-0.4, -0.2) is 31.8 Å². The lowest BCUT2D eigenvalue weighted by atomic mass is 10.00. The summed E-state index contributed by atoms with van der Waals surface area (Å²) in [4.78, 5) is 14.9. The van der Waals surface area contributed by atoms with Gasteiger partial charge < -0.3 is 4.90 Å². The molecule has 0 fully saturated rings. The fourth-order valence-corrected chi connectivity index (χ4v) is 3.65. The summed E-state index contributed by atoms with van der Waals surface area (Å²) in [6.07, 6.45) is 0.807. The Morgan fingerprint density at radius 1 is 1.47 bits per heavy atom. The third-order valence-electron chi connectivity index (χ3n) is 3.47. The predicted molar refractivity (Wildman–Crippen MR) is 76.9 cm³/mol. The molecule has 1 rings (SSSR count).